The highest BCUT2D eigenvalue weighted by Crippen LogP contribution is 2.34. The van der Waals surface area contributed by atoms with E-state index in [9.17, 15) is 22.7 Å². The molecule has 160 valence electrons. The second-order valence-corrected chi connectivity index (χ2v) is 10.2. The van der Waals surface area contributed by atoms with Crippen LogP contribution in [-0.4, -0.2) is 24.1 Å². The Hall–Kier alpha value is -2.68. The maximum absolute atomic E-state index is 14.0. The van der Waals surface area contributed by atoms with Gasteiger partial charge in [-0.2, -0.15) is 11.3 Å². The summed E-state index contributed by atoms with van der Waals surface area (Å²) >= 11 is 7.14. The molecule has 31 heavy (non-hydrogen) atoms. The van der Waals surface area contributed by atoms with Crippen LogP contribution in [0.4, 0.5) is 4.39 Å². The second-order valence-electron chi connectivity index (χ2n) is 7.10. The highest BCUT2D eigenvalue weighted by atomic mass is 35.5. The number of fused-ring (bicyclic) bond motifs is 1. The lowest BCUT2D eigenvalue weighted by Crippen LogP contribution is -2.10. The summed E-state index contributed by atoms with van der Waals surface area (Å²) in [5, 5.41) is 13.6. The van der Waals surface area contributed by atoms with Crippen LogP contribution in [0.25, 0.3) is 10.9 Å². The molecule has 0 unspecified atom stereocenters. The van der Waals surface area contributed by atoms with Crippen molar-refractivity contribution in [3.8, 4) is 0 Å². The van der Waals surface area contributed by atoms with E-state index >= 15 is 0 Å². The van der Waals surface area contributed by atoms with Crippen molar-refractivity contribution in [3.05, 3.63) is 80.9 Å². The molecule has 4 aromatic rings. The summed E-state index contributed by atoms with van der Waals surface area (Å²) in [5.74, 6) is -1.46. The number of carbonyl (C=O) groups is 1. The van der Waals surface area contributed by atoms with Gasteiger partial charge in [0.05, 0.1) is 9.79 Å². The molecule has 0 atom stereocenters. The van der Waals surface area contributed by atoms with Gasteiger partial charge in [0.2, 0.25) is 9.84 Å². The van der Waals surface area contributed by atoms with Gasteiger partial charge in [0.15, 0.2) is 0 Å². The molecule has 2 aromatic heterocycles. The fourth-order valence-electron chi connectivity index (χ4n) is 3.69. The number of aliphatic carboxylic acids is 1. The van der Waals surface area contributed by atoms with Gasteiger partial charge >= 0.3 is 5.97 Å². The first kappa shape index (κ1) is 21.5. The largest absolute Gasteiger partial charge is 0.480 e. The molecular formula is C22H17ClFNO4S2. The lowest BCUT2D eigenvalue weighted by Gasteiger charge is -2.08. The van der Waals surface area contributed by atoms with Crippen molar-refractivity contribution >= 4 is 49.6 Å². The van der Waals surface area contributed by atoms with Crippen molar-refractivity contribution in [2.24, 2.45) is 0 Å². The Morgan fingerprint density at radius 1 is 1.16 bits per heavy atom. The summed E-state index contributed by atoms with van der Waals surface area (Å²) in [6.45, 7) is 1.49. The molecule has 5 nitrogen and oxygen atoms in total. The summed E-state index contributed by atoms with van der Waals surface area (Å²) in [7, 11) is -3.77. The molecule has 0 bridgehead atoms. The van der Waals surface area contributed by atoms with Crippen LogP contribution in [0.3, 0.4) is 0 Å². The first-order valence-corrected chi connectivity index (χ1v) is 12.0. The SMILES string of the molecule is Cc1c(Cc2cscc2S(=O)(=O)c2ccc(Cl)cc2)c2cc(F)ccc2n1CC(=O)O. The molecule has 2 heterocycles. The number of aromatic nitrogens is 1. The zero-order chi connectivity index (χ0) is 22.3. The molecule has 0 amide bonds. The van der Waals surface area contributed by atoms with E-state index in [2.05, 4.69) is 0 Å². The Morgan fingerprint density at radius 2 is 1.87 bits per heavy atom. The summed E-state index contributed by atoms with van der Waals surface area (Å²) in [6.07, 6.45) is 0.226. The average Bonchev–Trinajstić information content (AvgIpc) is 3.27. The standard InChI is InChI=1S/C22H17ClFNO4S2/c1-13-18(19-9-16(24)4-7-20(19)25(13)10-22(26)27)8-14-11-30-12-21(14)31(28,29)17-5-2-15(23)3-6-17/h2-7,9,11-12H,8,10H2,1H3,(H,26,27). The fraction of sp³-hybridized carbons (Fsp3) is 0.136. The third-order valence-corrected chi connectivity index (χ3v) is 8.24. The van der Waals surface area contributed by atoms with Crippen LogP contribution in [0.5, 0.6) is 0 Å². The number of hydrogen-bond donors (Lipinski definition) is 1. The zero-order valence-corrected chi connectivity index (χ0v) is 18.7. The lowest BCUT2D eigenvalue weighted by molar-refractivity contribution is -0.137. The molecule has 0 aliphatic carbocycles. The predicted molar refractivity (Wildman–Crippen MR) is 118 cm³/mol. The van der Waals surface area contributed by atoms with Crippen LogP contribution in [0.1, 0.15) is 16.8 Å². The van der Waals surface area contributed by atoms with Gasteiger partial charge < -0.3 is 9.67 Å². The molecule has 1 N–H and O–H groups in total. The van der Waals surface area contributed by atoms with Gasteiger partial charge in [0.1, 0.15) is 12.4 Å². The Balaban J connectivity index is 1.83. The first-order valence-electron chi connectivity index (χ1n) is 9.23. The van der Waals surface area contributed by atoms with Crippen molar-refractivity contribution in [2.75, 3.05) is 0 Å². The van der Waals surface area contributed by atoms with Crippen LogP contribution < -0.4 is 0 Å². The summed E-state index contributed by atoms with van der Waals surface area (Å²) in [4.78, 5) is 11.7. The number of carboxylic acid groups (broad SMARTS) is 1. The van der Waals surface area contributed by atoms with E-state index in [0.717, 1.165) is 0 Å². The van der Waals surface area contributed by atoms with E-state index in [1.54, 1.807) is 28.3 Å². The third kappa shape index (κ3) is 3.98. The van der Waals surface area contributed by atoms with E-state index in [0.29, 0.717) is 32.7 Å². The molecule has 4 rings (SSSR count). The molecule has 0 fully saturated rings. The zero-order valence-electron chi connectivity index (χ0n) is 16.3. The topological polar surface area (TPSA) is 76.4 Å². The highest BCUT2D eigenvalue weighted by molar-refractivity contribution is 7.91. The van der Waals surface area contributed by atoms with Gasteiger partial charge in [-0.3, -0.25) is 4.79 Å². The number of hydrogen-bond acceptors (Lipinski definition) is 4. The van der Waals surface area contributed by atoms with Crippen LogP contribution in [0, 0.1) is 12.7 Å². The number of thiophene rings is 1. The van der Waals surface area contributed by atoms with Crippen molar-refractivity contribution in [2.45, 2.75) is 29.7 Å². The molecule has 0 aliphatic rings. The second kappa shape index (κ2) is 8.11. The van der Waals surface area contributed by atoms with Gasteiger partial charge in [-0.05, 0) is 65.9 Å². The van der Waals surface area contributed by atoms with Crippen LogP contribution in [0.15, 0.2) is 63.0 Å². The van der Waals surface area contributed by atoms with Crippen LogP contribution in [0.2, 0.25) is 5.02 Å². The molecule has 2 aromatic carbocycles. The fourth-order valence-corrected chi connectivity index (χ4v) is 6.51. The molecular weight excluding hydrogens is 461 g/mol. The van der Waals surface area contributed by atoms with E-state index in [4.69, 9.17) is 11.6 Å². The van der Waals surface area contributed by atoms with Gasteiger partial charge in [-0.25, -0.2) is 12.8 Å². The van der Waals surface area contributed by atoms with E-state index < -0.39 is 21.6 Å². The molecule has 0 saturated heterocycles. The first-order chi connectivity index (χ1) is 14.7. The molecule has 9 heteroatoms. The molecule has 0 spiro atoms. The van der Waals surface area contributed by atoms with Gasteiger partial charge in [0.25, 0.3) is 0 Å². The molecule has 0 aliphatic heterocycles. The summed E-state index contributed by atoms with van der Waals surface area (Å²) in [5.41, 5.74) is 2.51. The molecule has 0 saturated carbocycles. The number of benzene rings is 2. The number of halogens is 2. The quantitative estimate of drug-likeness (QED) is 0.408. The Labute approximate surface area is 187 Å². The smallest absolute Gasteiger partial charge is 0.323 e. The summed E-state index contributed by atoms with van der Waals surface area (Å²) < 4.78 is 42.0. The van der Waals surface area contributed by atoms with Crippen LogP contribution in [-0.2, 0) is 27.6 Å². The summed E-state index contributed by atoms with van der Waals surface area (Å²) in [6, 6.07) is 10.1. The van der Waals surface area contributed by atoms with E-state index in [-0.39, 0.29) is 22.8 Å². The van der Waals surface area contributed by atoms with Crippen molar-refractivity contribution in [1.29, 1.82) is 0 Å². The Bertz CT molecular complexity index is 1410. The Morgan fingerprint density at radius 3 is 2.55 bits per heavy atom. The predicted octanol–water partition coefficient (Wildman–Crippen LogP) is 5.31. The average molecular weight is 478 g/mol. The van der Waals surface area contributed by atoms with Crippen molar-refractivity contribution in [3.63, 3.8) is 0 Å². The number of nitrogens with zero attached hydrogens (tertiary/aromatic N) is 1. The lowest BCUT2D eigenvalue weighted by atomic mass is 10.0. The minimum atomic E-state index is -3.77. The number of sulfone groups is 1. The Kier molecular flexibility index (Phi) is 5.63. The normalized spacial score (nSPS) is 11.8. The molecule has 0 radical (unpaired) electrons. The third-order valence-electron chi connectivity index (χ3n) is 5.19. The highest BCUT2D eigenvalue weighted by Gasteiger charge is 2.24. The van der Waals surface area contributed by atoms with Crippen molar-refractivity contribution in [1.82, 2.24) is 4.57 Å². The van der Waals surface area contributed by atoms with Gasteiger partial charge in [0, 0.05) is 33.4 Å². The van der Waals surface area contributed by atoms with Crippen LogP contribution >= 0.6 is 22.9 Å². The number of rotatable bonds is 6. The monoisotopic (exact) mass is 477 g/mol. The minimum Gasteiger partial charge on any atom is -0.480 e. The van der Waals surface area contributed by atoms with E-state index in [1.165, 1.54) is 47.7 Å². The minimum absolute atomic E-state index is 0.132. The van der Waals surface area contributed by atoms with Gasteiger partial charge in [-0.1, -0.05) is 11.6 Å². The number of carboxylic acids is 1. The van der Waals surface area contributed by atoms with Crippen molar-refractivity contribution < 1.29 is 22.7 Å². The maximum atomic E-state index is 14.0. The van der Waals surface area contributed by atoms with Gasteiger partial charge in [-0.15, -0.1) is 0 Å². The van der Waals surface area contributed by atoms with E-state index in [1.807, 2.05) is 0 Å². The maximum Gasteiger partial charge on any atom is 0.323 e.